The SMILES string of the molecule is Cc1nnc2n1C1(CCN(Cc3cccs3)CC1)CN(C)C2.O=C(O)C(F)(F)F.O=C(O)C(F)(F)F. The second-order valence-corrected chi connectivity index (χ2v) is 9.39. The number of carboxylic acids is 2. The van der Waals surface area contributed by atoms with Crippen LogP contribution in [0.3, 0.4) is 0 Å². The van der Waals surface area contributed by atoms with Crippen LogP contribution in [-0.4, -0.2) is 85.8 Å². The van der Waals surface area contributed by atoms with Gasteiger partial charge >= 0.3 is 24.3 Å². The Balaban J connectivity index is 0.000000271. The molecule has 1 saturated heterocycles. The van der Waals surface area contributed by atoms with Gasteiger partial charge in [-0.1, -0.05) is 6.07 Å². The van der Waals surface area contributed by atoms with Gasteiger partial charge in [0.05, 0.1) is 12.1 Å². The number of hydrogen-bond donors (Lipinski definition) is 2. The number of likely N-dealkylation sites (N-methyl/N-ethyl adjacent to an activating group) is 1. The Kier molecular flexibility index (Phi) is 9.47. The van der Waals surface area contributed by atoms with Crippen molar-refractivity contribution in [3.05, 3.63) is 34.0 Å². The zero-order valence-electron chi connectivity index (χ0n) is 19.3. The largest absolute Gasteiger partial charge is 0.490 e. The highest BCUT2D eigenvalue weighted by atomic mass is 32.1. The van der Waals surface area contributed by atoms with Crippen molar-refractivity contribution in [2.75, 3.05) is 26.7 Å². The van der Waals surface area contributed by atoms with Crippen LogP contribution < -0.4 is 0 Å². The third-order valence-corrected chi connectivity index (χ3v) is 6.43. The molecular formula is C20H25F6N5O4S. The first-order valence-corrected chi connectivity index (χ1v) is 11.4. The van der Waals surface area contributed by atoms with E-state index >= 15 is 0 Å². The lowest BCUT2D eigenvalue weighted by Gasteiger charge is -2.48. The highest BCUT2D eigenvalue weighted by Crippen LogP contribution is 2.36. The quantitative estimate of drug-likeness (QED) is 0.553. The molecule has 1 spiro atoms. The van der Waals surface area contributed by atoms with Crippen molar-refractivity contribution in [3.8, 4) is 0 Å². The van der Waals surface area contributed by atoms with Gasteiger partial charge < -0.3 is 14.8 Å². The highest BCUT2D eigenvalue weighted by molar-refractivity contribution is 7.09. The van der Waals surface area contributed by atoms with E-state index in [-0.39, 0.29) is 5.54 Å². The summed E-state index contributed by atoms with van der Waals surface area (Å²) >= 11 is 1.86. The van der Waals surface area contributed by atoms with E-state index in [1.165, 1.54) is 17.7 Å². The number of alkyl halides is 6. The van der Waals surface area contributed by atoms with Gasteiger partial charge in [0.15, 0.2) is 0 Å². The summed E-state index contributed by atoms with van der Waals surface area (Å²) in [4.78, 5) is 24.3. The van der Waals surface area contributed by atoms with Crippen molar-refractivity contribution in [1.82, 2.24) is 24.6 Å². The van der Waals surface area contributed by atoms with Gasteiger partial charge in [-0.3, -0.25) is 9.80 Å². The number of nitrogens with zero attached hydrogens (tertiary/aromatic N) is 5. The molecule has 9 nitrogen and oxygen atoms in total. The number of aryl methyl sites for hydroxylation is 1. The summed E-state index contributed by atoms with van der Waals surface area (Å²) in [5.74, 6) is -3.30. The zero-order chi connectivity index (χ0) is 27.3. The Hall–Kier alpha value is -2.72. The minimum Gasteiger partial charge on any atom is -0.475 e. The molecule has 0 aliphatic carbocycles. The molecular weight excluding hydrogens is 520 g/mol. The Morgan fingerprint density at radius 1 is 1.06 bits per heavy atom. The van der Waals surface area contributed by atoms with Crippen LogP contribution in [0.2, 0.25) is 0 Å². The summed E-state index contributed by atoms with van der Waals surface area (Å²) in [6.45, 7) is 7.54. The number of rotatable bonds is 2. The number of carboxylic acid groups (broad SMARTS) is 2. The minimum absolute atomic E-state index is 0.196. The van der Waals surface area contributed by atoms with Crippen molar-refractivity contribution >= 4 is 23.3 Å². The first kappa shape index (κ1) is 29.5. The fourth-order valence-electron chi connectivity index (χ4n) is 4.13. The lowest BCUT2D eigenvalue weighted by Crippen LogP contribution is -2.55. The standard InChI is InChI=1S/C16H23N5S.2C2HF3O2/c1-13-17-18-15-11-19(2)12-16(21(13)15)5-7-20(8-6-16)10-14-4-3-9-22-14;2*3-2(4,5)1(6)7/h3-4,9H,5-8,10-12H2,1-2H3;2*(H,6,7). The van der Waals surface area contributed by atoms with Gasteiger partial charge in [0.1, 0.15) is 11.6 Å². The fourth-order valence-corrected chi connectivity index (χ4v) is 4.87. The van der Waals surface area contributed by atoms with Crippen molar-refractivity contribution in [2.45, 2.75) is 50.7 Å². The van der Waals surface area contributed by atoms with E-state index in [4.69, 9.17) is 19.8 Å². The number of likely N-dealkylation sites (tertiary alicyclic amines) is 1. The van der Waals surface area contributed by atoms with E-state index < -0.39 is 24.3 Å². The molecule has 0 amide bonds. The van der Waals surface area contributed by atoms with Crippen LogP contribution in [-0.2, 0) is 28.2 Å². The van der Waals surface area contributed by atoms with Crippen LogP contribution in [0.4, 0.5) is 26.3 Å². The second kappa shape index (κ2) is 11.6. The van der Waals surface area contributed by atoms with Gasteiger partial charge in [-0.15, -0.1) is 21.5 Å². The molecule has 0 radical (unpaired) electrons. The maximum Gasteiger partial charge on any atom is 0.490 e. The molecule has 0 unspecified atom stereocenters. The number of aliphatic carboxylic acids is 2. The van der Waals surface area contributed by atoms with E-state index in [9.17, 15) is 26.3 Å². The lowest BCUT2D eigenvalue weighted by atomic mass is 9.84. The molecule has 2 aromatic rings. The first-order chi connectivity index (χ1) is 16.5. The highest BCUT2D eigenvalue weighted by Gasteiger charge is 2.43. The van der Waals surface area contributed by atoms with Crippen molar-refractivity contribution in [3.63, 3.8) is 0 Å². The van der Waals surface area contributed by atoms with Crippen molar-refractivity contribution < 1.29 is 46.1 Å². The van der Waals surface area contributed by atoms with E-state index in [2.05, 4.69) is 56.0 Å². The molecule has 202 valence electrons. The van der Waals surface area contributed by atoms with E-state index in [1.807, 2.05) is 11.3 Å². The lowest BCUT2D eigenvalue weighted by molar-refractivity contribution is -0.193. The average molecular weight is 546 g/mol. The van der Waals surface area contributed by atoms with Crippen LogP contribution in [0, 0.1) is 6.92 Å². The van der Waals surface area contributed by atoms with Crippen LogP contribution in [0.5, 0.6) is 0 Å². The molecule has 2 aliphatic rings. The molecule has 2 N–H and O–H groups in total. The smallest absolute Gasteiger partial charge is 0.475 e. The Morgan fingerprint density at radius 2 is 1.58 bits per heavy atom. The van der Waals surface area contributed by atoms with Gasteiger partial charge in [-0.05, 0) is 38.3 Å². The Morgan fingerprint density at radius 3 is 2.03 bits per heavy atom. The third kappa shape index (κ3) is 7.89. The maximum atomic E-state index is 10.6. The molecule has 16 heteroatoms. The molecule has 0 aromatic carbocycles. The second-order valence-electron chi connectivity index (χ2n) is 8.36. The number of aromatic nitrogens is 3. The molecule has 4 heterocycles. The van der Waals surface area contributed by atoms with Crippen molar-refractivity contribution in [2.24, 2.45) is 0 Å². The number of fused-ring (bicyclic) bond motifs is 2. The summed E-state index contributed by atoms with van der Waals surface area (Å²) in [7, 11) is 2.20. The molecule has 0 bridgehead atoms. The predicted octanol–water partition coefficient (Wildman–Crippen LogP) is 3.35. The number of carbonyl (C=O) groups is 2. The molecule has 2 aromatic heterocycles. The summed E-state index contributed by atoms with van der Waals surface area (Å²) < 4.78 is 65.9. The van der Waals surface area contributed by atoms with Gasteiger partial charge in [0.2, 0.25) is 0 Å². The van der Waals surface area contributed by atoms with Crippen LogP contribution in [0.15, 0.2) is 17.5 Å². The zero-order valence-corrected chi connectivity index (χ0v) is 20.1. The normalized spacial score (nSPS) is 17.9. The monoisotopic (exact) mass is 545 g/mol. The number of hydrogen-bond acceptors (Lipinski definition) is 7. The summed E-state index contributed by atoms with van der Waals surface area (Å²) in [6, 6.07) is 4.39. The summed E-state index contributed by atoms with van der Waals surface area (Å²) in [5, 5.41) is 25.2. The van der Waals surface area contributed by atoms with E-state index in [1.54, 1.807) is 0 Å². The van der Waals surface area contributed by atoms with Crippen molar-refractivity contribution in [1.29, 1.82) is 0 Å². The van der Waals surface area contributed by atoms with Gasteiger partial charge in [0, 0.05) is 31.1 Å². The number of thiophene rings is 1. The molecule has 0 saturated carbocycles. The summed E-state index contributed by atoms with van der Waals surface area (Å²) in [5.41, 5.74) is 0.196. The van der Waals surface area contributed by atoms with E-state index in [0.29, 0.717) is 0 Å². The Labute approximate surface area is 205 Å². The fraction of sp³-hybridized carbons (Fsp3) is 0.600. The first-order valence-electron chi connectivity index (χ1n) is 10.5. The molecule has 1 fully saturated rings. The molecule has 4 rings (SSSR count). The van der Waals surface area contributed by atoms with Crippen LogP contribution in [0.25, 0.3) is 0 Å². The molecule has 2 aliphatic heterocycles. The van der Waals surface area contributed by atoms with Gasteiger partial charge in [-0.2, -0.15) is 26.3 Å². The van der Waals surface area contributed by atoms with Gasteiger partial charge in [0.25, 0.3) is 0 Å². The average Bonchev–Trinajstić information content (AvgIpc) is 3.39. The van der Waals surface area contributed by atoms with Gasteiger partial charge in [-0.25, -0.2) is 9.59 Å². The van der Waals surface area contributed by atoms with E-state index in [0.717, 1.165) is 44.4 Å². The minimum atomic E-state index is -5.08. The topological polar surface area (TPSA) is 112 Å². The van der Waals surface area contributed by atoms with Crippen LogP contribution >= 0.6 is 11.3 Å². The van der Waals surface area contributed by atoms with Crippen LogP contribution in [0.1, 0.15) is 29.4 Å². The Bertz CT molecular complexity index is 993. The summed E-state index contributed by atoms with van der Waals surface area (Å²) in [6.07, 6.45) is -7.79. The maximum absolute atomic E-state index is 10.6. The number of piperidine rings is 1. The number of halogens is 6. The predicted molar refractivity (Wildman–Crippen MR) is 115 cm³/mol. The third-order valence-electron chi connectivity index (χ3n) is 5.57. The molecule has 36 heavy (non-hydrogen) atoms. The molecule has 0 atom stereocenters.